The van der Waals surface area contributed by atoms with Crippen molar-refractivity contribution in [2.75, 3.05) is 0 Å². The van der Waals surface area contributed by atoms with E-state index in [1.807, 2.05) is 13.0 Å². The highest BCUT2D eigenvalue weighted by Crippen LogP contribution is 2.36. The molecule has 0 fully saturated rings. The van der Waals surface area contributed by atoms with Gasteiger partial charge in [-0.15, -0.1) is 0 Å². The molecule has 1 heteroatoms. The number of aldehydes is 1. The SMILES string of the molecule is C=CC1=C(/C=C\C)CCC(c2ccc(C)cc2)=C1C=O. The lowest BCUT2D eigenvalue weighted by Crippen LogP contribution is -2.05. The van der Waals surface area contributed by atoms with Crippen molar-refractivity contribution in [1.82, 2.24) is 0 Å². The van der Waals surface area contributed by atoms with Gasteiger partial charge in [0.1, 0.15) is 0 Å². The molecule has 102 valence electrons. The van der Waals surface area contributed by atoms with Crippen molar-refractivity contribution in [3.63, 3.8) is 0 Å². The number of carbonyl (C=O) groups is 1. The third kappa shape index (κ3) is 2.72. The maximum absolute atomic E-state index is 11.6. The second kappa shape index (κ2) is 6.33. The van der Waals surface area contributed by atoms with Crippen LogP contribution in [0.15, 0.2) is 65.8 Å². The van der Waals surface area contributed by atoms with Crippen LogP contribution in [0.5, 0.6) is 0 Å². The van der Waals surface area contributed by atoms with Gasteiger partial charge in [-0.25, -0.2) is 0 Å². The summed E-state index contributed by atoms with van der Waals surface area (Å²) in [7, 11) is 0. The summed E-state index contributed by atoms with van der Waals surface area (Å²) in [5, 5.41) is 0. The predicted molar refractivity (Wildman–Crippen MR) is 85.4 cm³/mol. The van der Waals surface area contributed by atoms with E-state index in [9.17, 15) is 4.79 Å². The number of carbonyl (C=O) groups excluding carboxylic acids is 1. The zero-order valence-corrected chi connectivity index (χ0v) is 12.1. The summed E-state index contributed by atoms with van der Waals surface area (Å²) in [5.41, 5.74) is 6.44. The second-order valence-corrected chi connectivity index (χ2v) is 5.02. The molecule has 0 aliphatic heterocycles. The van der Waals surface area contributed by atoms with Gasteiger partial charge < -0.3 is 0 Å². The van der Waals surface area contributed by atoms with Gasteiger partial charge in [-0.2, -0.15) is 0 Å². The number of aryl methyl sites for hydroxylation is 1. The van der Waals surface area contributed by atoms with E-state index in [1.165, 1.54) is 11.1 Å². The molecule has 0 heterocycles. The Hall–Kier alpha value is -2.15. The van der Waals surface area contributed by atoms with Gasteiger partial charge in [0.15, 0.2) is 6.29 Å². The van der Waals surface area contributed by atoms with Gasteiger partial charge in [0, 0.05) is 5.57 Å². The quantitative estimate of drug-likeness (QED) is 0.714. The molecule has 0 N–H and O–H groups in total. The minimum absolute atomic E-state index is 0.781. The van der Waals surface area contributed by atoms with E-state index in [-0.39, 0.29) is 0 Å². The average Bonchev–Trinajstić information content (AvgIpc) is 2.48. The van der Waals surface area contributed by atoms with E-state index in [4.69, 9.17) is 0 Å². The van der Waals surface area contributed by atoms with Crippen LogP contribution in [-0.4, -0.2) is 6.29 Å². The highest BCUT2D eigenvalue weighted by Gasteiger charge is 2.19. The highest BCUT2D eigenvalue weighted by atomic mass is 16.1. The molecule has 0 radical (unpaired) electrons. The van der Waals surface area contributed by atoms with Gasteiger partial charge in [-0.3, -0.25) is 4.79 Å². The Morgan fingerprint density at radius 3 is 2.35 bits per heavy atom. The van der Waals surface area contributed by atoms with E-state index in [2.05, 4.69) is 43.8 Å². The van der Waals surface area contributed by atoms with E-state index in [0.29, 0.717) is 0 Å². The molecule has 1 aliphatic carbocycles. The highest BCUT2D eigenvalue weighted by molar-refractivity contribution is 5.96. The van der Waals surface area contributed by atoms with Crippen LogP contribution in [0.1, 0.15) is 30.9 Å². The lowest BCUT2D eigenvalue weighted by Gasteiger charge is -2.21. The molecule has 0 unspecified atom stereocenters. The monoisotopic (exact) mass is 264 g/mol. The first-order chi connectivity index (χ1) is 9.71. The van der Waals surface area contributed by atoms with Crippen molar-refractivity contribution >= 4 is 11.9 Å². The minimum Gasteiger partial charge on any atom is -0.298 e. The number of rotatable bonds is 4. The van der Waals surface area contributed by atoms with Crippen LogP contribution in [0.3, 0.4) is 0 Å². The molecule has 0 amide bonds. The van der Waals surface area contributed by atoms with Gasteiger partial charge in [-0.1, -0.05) is 54.6 Å². The number of allylic oxidation sites excluding steroid dienone is 7. The number of benzene rings is 1. The Kier molecular flexibility index (Phi) is 4.52. The number of hydrogen-bond acceptors (Lipinski definition) is 1. The first-order valence-electron chi connectivity index (χ1n) is 6.95. The summed E-state index contributed by atoms with van der Waals surface area (Å²) in [6.07, 6.45) is 8.70. The topological polar surface area (TPSA) is 17.1 Å². The molecule has 0 saturated carbocycles. The van der Waals surface area contributed by atoms with E-state index < -0.39 is 0 Å². The maximum Gasteiger partial charge on any atom is 0.150 e. The van der Waals surface area contributed by atoms with Crippen LogP contribution in [-0.2, 0) is 4.79 Å². The summed E-state index contributed by atoms with van der Waals surface area (Å²) in [6.45, 7) is 7.93. The van der Waals surface area contributed by atoms with Crippen molar-refractivity contribution in [1.29, 1.82) is 0 Å². The normalized spacial score (nSPS) is 15.9. The molecule has 0 atom stereocenters. The third-order valence-electron chi connectivity index (χ3n) is 3.70. The fourth-order valence-corrected chi connectivity index (χ4v) is 2.67. The summed E-state index contributed by atoms with van der Waals surface area (Å²) in [4.78, 5) is 11.6. The number of hydrogen-bond donors (Lipinski definition) is 0. The van der Waals surface area contributed by atoms with E-state index >= 15 is 0 Å². The van der Waals surface area contributed by atoms with Gasteiger partial charge in [0.2, 0.25) is 0 Å². The van der Waals surface area contributed by atoms with Crippen molar-refractivity contribution in [3.8, 4) is 0 Å². The average molecular weight is 264 g/mol. The molecule has 1 nitrogen and oxygen atoms in total. The van der Waals surface area contributed by atoms with Crippen LogP contribution in [0.25, 0.3) is 5.57 Å². The molecule has 1 aliphatic rings. The zero-order chi connectivity index (χ0) is 14.5. The summed E-state index contributed by atoms with van der Waals surface area (Å²) in [6, 6.07) is 8.36. The largest absolute Gasteiger partial charge is 0.298 e. The van der Waals surface area contributed by atoms with Crippen LogP contribution in [0.2, 0.25) is 0 Å². The van der Waals surface area contributed by atoms with E-state index in [1.54, 1.807) is 6.08 Å². The van der Waals surface area contributed by atoms with Crippen LogP contribution < -0.4 is 0 Å². The Morgan fingerprint density at radius 2 is 1.80 bits per heavy atom. The Labute approximate surface area is 121 Å². The van der Waals surface area contributed by atoms with Gasteiger partial charge in [0.05, 0.1) is 0 Å². The Morgan fingerprint density at radius 1 is 1.10 bits per heavy atom. The van der Waals surface area contributed by atoms with Crippen LogP contribution in [0.4, 0.5) is 0 Å². The van der Waals surface area contributed by atoms with Crippen molar-refractivity contribution in [3.05, 3.63) is 76.9 Å². The van der Waals surface area contributed by atoms with Gasteiger partial charge >= 0.3 is 0 Å². The predicted octanol–water partition coefficient (Wildman–Crippen LogP) is 4.80. The summed E-state index contributed by atoms with van der Waals surface area (Å²) < 4.78 is 0. The third-order valence-corrected chi connectivity index (χ3v) is 3.70. The molecule has 20 heavy (non-hydrogen) atoms. The smallest absolute Gasteiger partial charge is 0.150 e. The van der Waals surface area contributed by atoms with Crippen molar-refractivity contribution in [2.45, 2.75) is 26.7 Å². The molecular formula is C19H20O. The van der Waals surface area contributed by atoms with Crippen molar-refractivity contribution < 1.29 is 4.79 Å². The molecule has 2 rings (SSSR count). The Bertz CT molecular complexity index is 610. The van der Waals surface area contributed by atoms with Crippen LogP contribution in [0, 0.1) is 6.92 Å². The zero-order valence-electron chi connectivity index (χ0n) is 12.1. The Balaban J connectivity index is 2.58. The summed E-state index contributed by atoms with van der Waals surface area (Å²) in [5.74, 6) is 0. The standard InChI is InChI=1S/C19H20O/c1-4-6-15-11-12-18(19(13-20)17(15)5-2)16-9-7-14(3)8-10-16/h4-10,13H,2,11-12H2,1,3H3/b6-4-. The fraction of sp³-hybridized carbons (Fsp3) is 0.211. The molecule has 0 aromatic heterocycles. The molecular weight excluding hydrogens is 244 g/mol. The van der Waals surface area contributed by atoms with Crippen LogP contribution >= 0.6 is 0 Å². The molecule has 1 aromatic carbocycles. The first kappa shape index (κ1) is 14.3. The minimum atomic E-state index is 0.781. The van der Waals surface area contributed by atoms with Gasteiger partial charge in [-0.05, 0) is 49.0 Å². The van der Waals surface area contributed by atoms with Crippen molar-refractivity contribution in [2.24, 2.45) is 0 Å². The first-order valence-corrected chi connectivity index (χ1v) is 6.95. The molecule has 0 saturated heterocycles. The lowest BCUT2D eigenvalue weighted by molar-refractivity contribution is -0.104. The molecule has 0 bridgehead atoms. The maximum atomic E-state index is 11.6. The van der Waals surface area contributed by atoms with Gasteiger partial charge in [0.25, 0.3) is 0 Å². The second-order valence-electron chi connectivity index (χ2n) is 5.02. The summed E-state index contributed by atoms with van der Waals surface area (Å²) >= 11 is 0. The fourth-order valence-electron chi connectivity index (χ4n) is 2.67. The molecule has 1 aromatic rings. The molecule has 0 spiro atoms. The lowest BCUT2D eigenvalue weighted by atomic mass is 9.83. The van der Waals surface area contributed by atoms with E-state index in [0.717, 1.165) is 41.4 Å².